The minimum absolute atomic E-state index is 0.0415. The highest BCUT2D eigenvalue weighted by Gasteiger charge is 2.46. The van der Waals surface area contributed by atoms with Crippen molar-refractivity contribution < 1.29 is 14.6 Å². The van der Waals surface area contributed by atoms with Crippen molar-refractivity contribution in [1.29, 1.82) is 0 Å². The average Bonchev–Trinajstić information content (AvgIpc) is 2.71. The largest absolute Gasteiger partial charge is 0.444 e. The summed E-state index contributed by atoms with van der Waals surface area (Å²) >= 11 is 0. The summed E-state index contributed by atoms with van der Waals surface area (Å²) in [4.78, 5) is 14.0. The Morgan fingerprint density at radius 3 is 2.71 bits per heavy atom. The molecule has 1 heterocycles. The Bertz CT molecular complexity index is 298. The monoisotopic (exact) mass is 241 g/mol. The Hall–Kier alpha value is -0.770. The number of amides is 1. The molecule has 2 aliphatic rings. The van der Waals surface area contributed by atoms with Gasteiger partial charge in [0.1, 0.15) is 5.60 Å². The second kappa shape index (κ2) is 4.48. The first kappa shape index (κ1) is 12.7. The van der Waals surface area contributed by atoms with Crippen molar-refractivity contribution in [2.45, 2.75) is 64.1 Å². The maximum atomic E-state index is 12.2. The summed E-state index contributed by atoms with van der Waals surface area (Å²) in [6.07, 6.45) is 4.10. The van der Waals surface area contributed by atoms with Gasteiger partial charge in [-0.25, -0.2) is 4.79 Å². The lowest BCUT2D eigenvalue weighted by atomic mass is 10.0. The maximum absolute atomic E-state index is 12.2. The molecule has 2 fully saturated rings. The number of hydrogen-bond acceptors (Lipinski definition) is 3. The van der Waals surface area contributed by atoms with Crippen LogP contribution in [0.15, 0.2) is 0 Å². The van der Waals surface area contributed by atoms with Crippen LogP contribution in [0.25, 0.3) is 0 Å². The van der Waals surface area contributed by atoms with Crippen LogP contribution in [0.1, 0.15) is 46.5 Å². The lowest BCUT2D eigenvalue weighted by Gasteiger charge is -2.31. The third-order valence-electron chi connectivity index (χ3n) is 3.76. The van der Waals surface area contributed by atoms with Crippen molar-refractivity contribution in [3.63, 3.8) is 0 Å². The Labute approximate surface area is 103 Å². The first-order valence-corrected chi connectivity index (χ1v) is 6.54. The molecule has 3 atom stereocenters. The lowest BCUT2D eigenvalue weighted by Crippen LogP contribution is -2.45. The summed E-state index contributed by atoms with van der Waals surface area (Å²) in [5.41, 5.74) is -0.465. The number of aliphatic hydroxyl groups is 1. The van der Waals surface area contributed by atoms with Crippen LogP contribution in [-0.2, 0) is 4.74 Å². The summed E-state index contributed by atoms with van der Waals surface area (Å²) < 4.78 is 5.44. The first-order valence-electron chi connectivity index (χ1n) is 6.54. The number of hydrogen-bond donors (Lipinski definition) is 1. The summed E-state index contributed by atoms with van der Waals surface area (Å²) in [5.74, 6) is 0.569. The number of carbonyl (C=O) groups excluding carboxylic acids is 1. The van der Waals surface area contributed by atoms with E-state index in [0.29, 0.717) is 12.0 Å². The average molecular weight is 241 g/mol. The van der Waals surface area contributed by atoms with Gasteiger partial charge in [0.15, 0.2) is 0 Å². The fraction of sp³-hybridized carbons (Fsp3) is 0.923. The number of nitrogens with zero attached hydrogens (tertiary/aromatic N) is 1. The molecule has 0 radical (unpaired) electrons. The standard InChI is InChI=1S/C13H23NO3/c1-13(2,3)17-12(16)14-10(8-15)7-9-5-4-6-11(9)14/h9-11,15H,4-8H2,1-3H3. The molecule has 0 spiro atoms. The van der Waals surface area contributed by atoms with Crippen LogP contribution in [0, 0.1) is 5.92 Å². The number of carbonyl (C=O) groups is 1. The van der Waals surface area contributed by atoms with Gasteiger partial charge in [0.2, 0.25) is 0 Å². The molecule has 1 amide bonds. The van der Waals surface area contributed by atoms with Gasteiger partial charge >= 0.3 is 6.09 Å². The van der Waals surface area contributed by atoms with Gasteiger partial charge in [0, 0.05) is 6.04 Å². The van der Waals surface area contributed by atoms with E-state index in [1.165, 1.54) is 12.8 Å². The van der Waals surface area contributed by atoms with Crippen LogP contribution < -0.4 is 0 Å². The summed E-state index contributed by atoms with van der Waals surface area (Å²) in [6.45, 7) is 5.68. The fourth-order valence-electron chi connectivity index (χ4n) is 3.15. The predicted molar refractivity (Wildman–Crippen MR) is 64.7 cm³/mol. The summed E-state index contributed by atoms with van der Waals surface area (Å²) in [5, 5.41) is 9.39. The summed E-state index contributed by atoms with van der Waals surface area (Å²) in [7, 11) is 0. The molecule has 1 saturated heterocycles. The van der Waals surface area contributed by atoms with E-state index in [2.05, 4.69) is 0 Å². The first-order chi connectivity index (χ1) is 7.92. The van der Waals surface area contributed by atoms with Crippen molar-refractivity contribution in [2.24, 2.45) is 5.92 Å². The van der Waals surface area contributed by atoms with Crippen molar-refractivity contribution in [2.75, 3.05) is 6.61 Å². The second-order valence-corrected chi connectivity index (χ2v) is 6.22. The number of likely N-dealkylation sites (tertiary alicyclic amines) is 1. The SMILES string of the molecule is CC(C)(C)OC(=O)N1C(CO)CC2CCCC21. The third kappa shape index (κ3) is 2.57. The molecule has 1 aliphatic carbocycles. The van der Waals surface area contributed by atoms with Gasteiger partial charge in [0.05, 0.1) is 12.6 Å². The van der Waals surface area contributed by atoms with Gasteiger partial charge in [-0.1, -0.05) is 6.42 Å². The molecule has 0 aromatic rings. The Morgan fingerprint density at radius 1 is 1.41 bits per heavy atom. The Balaban J connectivity index is 2.08. The maximum Gasteiger partial charge on any atom is 0.410 e. The molecular weight excluding hydrogens is 218 g/mol. The zero-order chi connectivity index (χ0) is 12.6. The summed E-state index contributed by atoms with van der Waals surface area (Å²) in [6, 6.07) is 0.252. The zero-order valence-corrected chi connectivity index (χ0v) is 11.0. The molecular formula is C13H23NO3. The Kier molecular flexibility index (Phi) is 3.34. The van der Waals surface area contributed by atoms with Gasteiger partial charge in [0.25, 0.3) is 0 Å². The van der Waals surface area contributed by atoms with Gasteiger partial charge in [-0.3, -0.25) is 4.90 Å². The van der Waals surface area contributed by atoms with Gasteiger partial charge in [-0.15, -0.1) is 0 Å². The molecule has 1 saturated carbocycles. The van der Waals surface area contributed by atoms with E-state index in [-0.39, 0.29) is 18.7 Å². The highest BCUT2D eigenvalue weighted by molar-refractivity contribution is 5.69. The van der Waals surface area contributed by atoms with Crippen LogP contribution in [0.4, 0.5) is 4.79 Å². The smallest absolute Gasteiger partial charge is 0.410 e. The molecule has 4 nitrogen and oxygen atoms in total. The van der Waals surface area contributed by atoms with Crippen LogP contribution >= 0.6 is 0 Å². The highest BCUT2D eigenvalue weighted by Crippen LogP contribution is 2.41. The van der Waals surface area contributed by atoms with Crippen LogP contribution in [0.3, 0.4) is 0 Å². The lowest BCUT2D eigenvalue weighted by molar-refractivity contribution is 0.00839. The van der Waals surface area contributed by atoms with Crippen LogP contribution in [-0.4, -0.2) is 40.4 Å². The van der Waals surface area contributed by atoms with Crippen molar-refractivity contribution >= 4 is 6.09 Å². The molecule has 0 bridgehead atoms. The van der Waals surface area contributed by atoms with E-state index < -0.39 is 5.60 Å². The molecule has 1 N–H and O–H groups in total. The minimum Gasteiger partial charge on any atom is -0.444 e. The highest BCUT2D eigenvalue weighted by atomic mass is 16.6. The van der Waals surface area contributed by atoms with E-state index in [0.717, 1.165) is 12.8 Å². The van der Waals surface area contributed by atoms with E-state index in [4.69, 9.17) is 4.74 Å². The molecule has 3 unspecified atom stereocenters. The topological polar surface area (TPSA) is 49.8 Å². The quantitative estimate of drug-likeness (QED) is 0.765. The normalized spacial score (nSPS) is 32.7. The van der Waals surface area contributed by atoms with E-state index in [1.807, 2.05) is 20.8 Å². The molecule has 2 rings (SSSR count). The molecule has 1 aliphatic heterocycles. The Morgan fingerprint density at radius 2 is 2.12 bits per heavy atom. The minimum atomic E-state index is -0.465. The number of rotatable bonds is 1. The van der Waals surface area contributed by atoms with Gasteiger partial charge in [-0.05, 0) is 46.0 Å². The van der Waals surface area contributed by atoms with E-state index in [1.54, 1.807) is 4.90 Å². The van der Waals surface area contributed by atoms with Crippen molar-refractivity contribution in [3.05, 3.63) is 0 Å². The predicted octanol–water partition coefficient (Wildman–Crippen LogP) is 2.16. The van der Waals surface area contributed by atoms with Crippen molar-refractivity contribution in [1.82, 2.24) is 4.90 Å². The van der Waals surface area contributed by atoms with E-state index >= 15 is 0 Å². The van der Waals surface area contributed by atoms with Crippen molar-refractivity contribution in [3.8, 4) is 0 Å². The zero-order valence-electron chi connectivity index (χ0n) is 11.0. The van der Waals surface area contributed by atoms with Gasteiger partial charge in [-0.2, -0.15) is 0 Å². The molecule has 4 heteroatoms. The molecule has 98 valence electrons. The number of fused-ring (bicyclic) bond motifs is 1. The second-order valence-electron chi connectivity index (χ2n) is 6.22. The molecule has 0 aromatic heterocycles. The van der Waals surface area contributed by atoms with E-state index in [9.17, 15) is 9.90 Å². The molecule has 0 aromatic carbocycles. The van der Waals surface area contributed by atoms with Crippen LogP contribution in [0.5, 0.6) is 0 Å². The van der Waals surface area contributed by atoms with Crippen LogP contribution in [0.2, 0.25) is 0 Å². The molecule has 17 heavy (non-hydrogen) atoms. The van der Waals surface area contributed by atoms with Gasteiger partial charge < -0.3 is 9.84 Å². The fourth-order valence-corrected chi connectivity index (χ4v) is 3.15. The number of ether oxygens (including phenoxy) is 1. The number of aliphatic hydroxyl groups excluding tert-OH is 1. The third-order valence-corrected chi connectivity index (χ3v) is 3.76.